The van der Waals surface area contributed by atoms with Crippen LogP contribution in [-0.2, 0) is 13.0 Å². The quantitative estimate of drug-likeness (QED) is 0.773. The van der Waals surface area contributed by atoms with Crippen LogP contribution in [0.1, 0.15) is 27.9 Å². The lowest BCUT2D eigenvalue weighted by Crippen LogP contribution is -2.41. The van der Waals surface area contributed by atoms with E-state index in [1.807, 2.05) is 35.4 Å². The van der Waals surface area contributed by atoms with Crippen LogP contribution in [0.2, 0.25) is 0 Å². The van der Waals surface area contributed by atoms with Crippen molar-refractivity contribution in [3.05, 3.63) is 71.4 Å². The van der Waals surface area contributed by atoms with E-state index in [1.54, 1.807) is 0 Å². The molecule has 2 aromatic carbocycles. The van der Waals surface area contributed by atoms with Gasteiger partial charge in [0.2, 0.25) is 0 Å². The van der Waals surface area contributed by atoms with Crippen LogP contribution in [0.3, 0.4) is 0 Å². The highest BCUT2D eigenvalue weighted by Crippen LogP contribution is 2.26. The number of aromatic nitrogens is 1. The first kappa shape index (κ1) is 15.6. The highest BCUT2D eigenvalue weighted by molar-refractivity contribution is 6.06. The molecule has 0 spiro atoms. The maximum absolute atomic E-state index is 13.0. The fourth-order valence-electron chi connectivity index (χ4n) is 4.47. The van der Waals surface area contributed by atoms with Gasteiger partial charge in [-0.2, -0.15) is 0 Å². The molecule has 0 bridgehead atoms. The first-order valence-electron chi connectivity index (χ1n) is 9.46. The van der Waals surface area contributed by atoms with E-state index in [0.29, 0.717) is 6.04 Å². The second-order valence-electron chi connectivity index (χ2n) is 7.43. The number of carbonyl (C=O) groups excluding carboxylic acids is 1. The van der Waals surface area contributed by atoms with Crippen LogP contribution < -0.4 is 0 Å². The lowest BCUT2D eigenvalue weighted by Gasteiger charge is -2.33. The summed E-state index contributed by atoms with van der Waals surface area (Å²) in [6.45, 7) is 3.79. The van der Waals surface area contributed by atoms with Crippen LogP contribution >= 0.6 is 0 Å². The van der Waals surface area contributed by atoms with Gasteiger partial charge in [-0.1, -0.05) is 42.5 Å². The Labute approximate surface area is 153 Å². The Kier molecular flexibility index (Phi) is 3.79. The molecule has 1 aromatic heterocycles. The van der Waals surface area contributed by atoms with Crippen LogP contribution in [0.4, 0.5) is 0 Å². The molecule has 0 saturated carbocycles. The summed E-state index contributed by atoms with van der Waals surface area (Å²) in [5.74, 6) is 0.155. The summed E-state index contributed by atoms with van der Waals surface area (Å²) in [7, 11) is 0. The number of hydrogen-bond donors (Lipinski definition) is 1. The van der Waals surface area contributed by atoms with E-state index in [0.717, 1.165) is 55.5 Å². The largest absolute Gasteiger partial charge is 0.360 e. The van der Waals surface area contributed by atoms with E-state index >= 15 is 0 Å². The summed E-state index contributed by atoms with van der Waals surface area (Å²) in [6.07, 6.45) is 4.04. The van der Waals surface area contributed by atoms with Crippen molar-refractivity contribution in [3.63, 3.8) is 0 Å². The molecule has 1 N–H and O–H groups in total. The Morgan fingerprint density at radius 3 is 2.73 bits per heavy atom. The molecule has 1 saturated heterocycles. The lowest BCUT2D eigenvalue weighted by molar-refractivity contribution is 0.0775. The fraction of sp³-hybridized carbons (Fsp3) is 0.318. The summed E-state index contributed by atoms with van der Waals surface area (Å²) in [5.41, 5.74) is 4.75. The first-order chi connectivity index (χ1) is 12.8. The number of likely N-dealkylation sites (tertiary alicyclic amines) is 1. The minimum Gasteiger partial charge on any atom is -0.360 e. The Balaban J connectivity index is 1.31. The molecule has 4 nitrogen and oxygen atoms in total. The predicted octanol–water partition coefficient (Wildman–Crippen LogP) is 3.44. The molecule has 2 aliphatic rings. The molecule has 0 unspecified atom stereocenters. The minimum atomic E-state index is 0.155. The molecule has 1 fully saturated rings. The van der Waals surface area contributed by atoms with Gasteiger partial charge in [-0.3, -0.25) is 9.69 Å². The van der Waals surface area contributed by atoms with Gasteiger partial charge in [-0.25, -0.2) is 0 Å². The van der Waals surface area contributed by atoms with Crippen molar-refractivity contribution in [2.45, 2.75) is 25.4 Å². The summed E-state index contributed by atoms with van der Waals surface area (Å²) in [5, 5.41) is 1.02. The molecular formula is C22H23N3O. The Morgan fingerprint density at radius 1 is 1.00 bits per heavy atom. The zero-order valence-electron chi connectivity index (χ0n) is 14.8. The van der Waals surface area contributed by atoms with Crippen molar-refractivity contribution in [2.75, 3.05) is 19.6 Å². The van der Waals surface area contributed by atoms with Crippen molar-refractivity contribution in [2.24, 2.45) is 0 Å². The maximum atomic E-state index is 13.0. The van der Waals surface area contributed by atoms with Crippen LogP contribution in [0.5, 0.6) is 0 Å². The second kappa shape index (κ2) is 6.29. The molecule has 1 amide bonds. The number of aromatic amines is 1. The summed E-state index contributed by atoms with van der Waals surface area (Å²) in [6, 6.07) is 17.2. The average Bonchev–Trinajstić information content (AvgIpc) is 3.34. The lowest BCUT2D eigenvalue weighted by atomic mass is 9.98. The number of H-pyrrole nitrogens is 1. The number of carbonyl (C=O) groups is 1. The van der Waals surface area contributed by atoms with Gasteiger partial charge in [0.25, 0.3) is 5.91 Å². The minimum absolute atomic E-state index is 0.155. The molecule has 4 heteroatoms. The summed E-state index contributed by atoms with van der Waals surface area (Å²) >= 11 is 0. The molecule has 3 heterocycles. The summed E-state index contributed by atoms with van der Waals surface area (Å²) < 4.78 is 0. The third-order valence-electron chi connectivity index (χ3n) is 5.95. The van der Waals surface area contributed by atoms with Crippen LogP contribution in [0, 0.1) is 0 Å². The van der Waals surface area contributed by atoms with Crippen molar-refractivity contribution in [3.8, 4) is 0 Å². The molecule has 132 valence electrons. The van der Waals surface area contributed by atoms with E-state index in [9.17, 15) is 4.79 Å². The van der Waals surface area contributed by atoms with Crippen molar-refractivity contribution >= 4 is 16.8 Å². The van der Waals surface area contributed by atoms with Crippen molar-refractivity contribution in [1.29, 1.82) is 0 Å². The molecule has 5 rings (SSSR count). The van der Waals surface area contributed by atoms with Gasteiger partial charge < -0.3 is 9.88 Å². The maximum Gasteiger partial charge on any atom is 0.256 e. The van der Waals surface area contributed by atoms with Gasteiger partial charge in [0.15, 0.2) is 0 Å². The topological polar surface area (TPSA) is 39.3 Å². The molecule has 0 aliphatic carbocycles. The average molecular weight is 345 g/mol. The number of nitrogens with zero attached hydrogens (tertiary/aromatic N) is 2. The highest BCUT2D eigenvalue weighted by atomic mass is 16.2. The van der Waals surface area contributed by atoms with Crippen molar-refractivity contribution < 1.29 is 4.79 Å². The number of para-hydroxylation sites is 1. The van der Waals surface area contributed by atoms with Gasteiger partial charge in [0, 0.05) is 49.3 Å². The van der Waals surface area contributed by atoms with Crippen LogP contribution in [-0.4, -0.2) is 46.4 Å². The molecule has 26 heavy (non-hydrogen) atoms. The van der Waals surface area contributed by atoms with E-state index in [1.165, 1.54) is 11.1 Å². The zero-order valence-corrected chi connectivity index (χ0v) is 14.8. The second-order valence-corrected chi connectivity index (χ2v) is 7.43. The summed E-state index contributed by atoms with van der Waals surface area (Å²) in [4.78, 5) is 20.8. The smallest absolute Gasteiger partial charge is 0.256 e. The normalized spacial score (nSPS) is 20.5. The SMILES string of the molecule is O=C(c1c[nH]c2ccccc12)N1CC[C@H](N2CCc3ccccc3C2)C1. The number of fused-ring (bicyclic) bond motifs is 2. The third kappa shape index (κ3) is 2.61. The number of rotatable bonds is 2. The Bertz CT molecular complexity index is 961. The molecule has 3 aromatic rings. The predicted molar refractivity (Wildman–Crippen MR) is 103 cm³/mol. The monoisotopic (exact) mass is 345 g/mol. The number of benzene rings is 2. The number of amides is 1. The van der Waals surface area contributed by atoms with E-state index in [2.05, 4.69) is 34.1 Å². The molecule has 2 aliphatic heterocycles. The van der Waals surface area contributed by atoms with Crippen LogP contribution in [0.25, 0.3) is 10.9 Å². The third-order valence-corrected chi connectivity index (χ3v) is 5.95. The fourth-order valence-corrected chi connectivity index (χ4v) is 4.47. The van der Waals surface area contributed by atoms with Gasteiger partial charge >= 0.3 is 0 Å². The van der Waals surface area contributed by atoms with E-state index in [4.69, 9.17) is 0 Å². The van der Waals surface area contributed by atoms with Crippen molar-refractivity contribution in [1.82, 2.24) is 14.8 Å². The Morgan fingerprint density at radius 2 is 1.81 bits per heavy atom. The van der Waals surface area contributed by atoms with Crippen LogP contribution in [0.15, 0.2) is 54.7 Å². The standard InChI is InChI=1S/C22H23N3O/c26-22(20-13-23-21-8-4-3-7-19(20)21)25-12-10-18(15-25)24-11-9-16-5-1-2-6-17(16)14-24/h1-8,13,18,23H,9-12,14-15H2/t18-/m0/s1. The van der Waals surface area contributed by atoms with Gasteiger partial charge in [-0.05, 0) is 30.0 Å². The molecule has 1 atom stereocenters. The first-order valence-corrected chi connectivity index (χ1v) is 9.46. The number of nitrogens with one attached hydrogen (secondary N) is 1. The van der Waals surface area contributed by atoms with E-state index < -0.39 is 0 Å². The van der Waals surface area contributed by atoms with Gasteiger partial charge in [0.05, 0.1) is 5.56 Å². The van der Waals surface area contributed by atoms with E-state index in [-0.39, 0.29) is 5.91 Å². The highest BCUT2D eigenvalue weighted by Gasteiger charge is 2.32. The molecular weight excluding hydrogens is 322 g/mol. The van der Waals surface area contributed by atoms with Gasteiger partial charge in [-0.15, -0.1) is 0 Å². The zero-order chi connectivity index (χ0) is 17.5. The number of hydrogen-bond acceptors (Lipinski definition) is 2. The van der Waals surface area contributed by atoms with Gasteiger partial charge in [0.1, 0.15) is 0 Å². The molecule has 0 radical (unpaired) electrons. The Hall–Kier alpha value is -2.59.